The van der Waals surface area contributed by atoms with Gasteiger partial charge >= 0.3 is 5.97 Å². The van der Waals surface area contributed by atoms with Gasteiger partial charge in [0, 0.05) is 12.3 Å². The molecule has 9 heteroatoms. The van der Waals surface area contributed by atoms with Gasteiger partial charge in [0.05, 0.1) is 17.9 Å². The molecule has 0 heterocycles. The molecular formula is C7H15NO6S2. The van der Waals surface area contributed by atoms with Crippen LogP contribution in [0.15, 0.2) is 0 Å². The third-order valence-corrected chi connectivity index (χ3v) is 4.13. The average molecular weight is 273 g/mol. The lowest BCUT2D eigenvalue weighted by Crippen LogP contribution is -2.38. The fraction of sp³-hybridized carbons (Fsp3) is 0.857. The van der Waals surface area contributed by atoms with Crippen LogP contribution in [0, 0.1) is 0 Å². The second-order valence-corrected chi connectivity index (χ2v) is 7.63. The highest BCUT2D eigenvalue weighted by atomic mass is 32.2. The Bertz CT molecular complexity index is 437. The number of sulfone groups is 1. The van der Waals surface area contributed by atoms with Gasteiger partial charge in [-0.05, 0) is 6.92 Å². The quantitative estimate of drug-likeness (QED) is 0.602. The number of nitrogens with one attached hydrogen (secondary N) is 1. The Morgan fingerprint density at radius 1 is 1.31 bits per heavy atom. The Morgan fingerprint density at radius 3 is 2.19 bits per heavy atom. The molecular weight excluding hydrogens is 258 g/mol. The molecule has 0 aromatic carbocycles. The third-order valence-electron chi connectivity index (χ3n) is 1.52. The Labute approximate surface area is 94.8 Å². The van der Waals surface area contributed by atoms with Crippen molar-refractivity contribution in [2.24, 2.45) is 0 Å². The van der Waals surface area contributed by atoms with E-state index in [0.717, 1.165) is 6.26 Å². The SMILES string of the molecule is CC(CS(C)(=O)=O)NS(=O)(=O)CCC(=O)O. The van der Waals surface area contributed by atoms with Gasteiger partial charge in [-0.2, -0.15) is 0 Å². The van der Waals surface area contributed by atoms with Crippen LogP contribution in [0.3, 0.4) is 0 Å². The summed E-state index contributed by atoms with van der Waals surface area (Å²) in [6.07, 6.45) is 0.482. The molecule has 0 radical (unpaired) electrons. The number of carboxylic acid groups (broad SMARTS) is 1. The van der Waals surface area contributed by atoms with Gasteiger partial charge in [-0.15, -0.1) is 0 Å². The first-order chi connectivity index (χ1) is 7.02. The van der Waals surface area contributed by atoms with Crippen molar-refractivity contribution < 1.29 is 26.7 Å². The molecule has 0 amide bonds. The molecule has 2 N–H and O–H groups in total. The fourth-order valence-electron chi connectivity index (χ4n) is 1.08. The van der Waals surface area contributed by atoms with E-state index in [9.17, 15) is 21.6 Å². The minimum atomic E-state index is -3.74. The van der Waals surface area contributed by atoms with Gasteiger partial charge in [0.1, 0.15) is 9.84 Å². The highest BCUT2D eigenvalue weighted by Gasteiger charge is 2.18. The van der Waals surface area contributed by atoms with E-state index in [0.29, 0.717) is 0 Å². The molecule has 0 aliphatic rings. The van der Waals surface area contributed by atoms with Gasteiger partial charge in [0.2, 0.25) is 10.0 Å². The molecule has 0 aliphatic heterocycles. The highest BCUT2D eigenvalue weighted by Crippen LogP contribution is 1.96. The van der Waals surface area contributed by atoms with Crippen molar-refractivity contribution in [3.05, 3.63) is 0 Å². The van der Waals surface area contributed by atoms with Crippen molar-refractivity contribution in [3.8, 4) is 0 Å². The molecule has 0 aromatic heterocycles. The molecule has 7 nitrogen and oxygen atoms in total. The maximum absolute atomic E-state index is 11.3. The standard InChI is InChI=1S/C7H15NO6S2/c1-6(5-15(2,11)12)8-16(13,14)4-3-7(9)10/h6,8H,3-5H2,1-2H3,(H,9,10). The third kappa shape index (κ3) is 8.62. The zero-order valence-electron chi connectivity index (χ0n) is 9.00. The highest BCUT2D eigenvalue weighted by molar-refractivity contribution is 7.91. The van der Waals surface area contributed by atoms with Crippen molar-refractivity contribution in [3.63, 3.8) is 0 Å². The van der Waals surface area contributed by atoms with Crippen LogP contribution in [-0.4, -0.2) is 51.7 Å². The largest absolute Gasteiger partial charge is 0.481 e. The lowest BCUT2D eigenvalue weighted by molar-refractivity contribution is -0.136. The summed E-state index contributed by atoms with van der Waals surface area (Å²) in [5.41, 5.74) is 0. The number of rotatable bonds is 7. The molecule has 16 heavy (non-hydrogen) atoms. The summed E-state index contributed by atoms with van der Waals surface area (Å²) in [5.74, 6) is -2.10. The Hall–Kier alpha value is -0.670. The van der Waals surface area contributed by atoms with E-state index in [4.69, 9.17) is 5.11 Å². The summed E-state index contributed by atoms with van der Waals surface area (Å²) in [4.78, 5) is 10.2. The van der Waals surface area contributed by atoms with Gasteiger partial charge in [0.15, 0.2) is 0 Å². The maximum atomic E-state index is 11.3. The summed E-state index contributed by atoms with van der Waals surface area (Å²) in [6.45, 7) is 1.40. The predicted molar refractivity (Wildman–Crippen MR) is 58.3 cm³/mol. The van der Waals surface area contributed by atoms with Crippen molar-refractivity contribution in [2.75, 3.05) is 17.8 Å². The van der Waals surface area contributed by atoms with Crippen LogP contribution >= 0.6 is 0 Å². The van der Waals surface area contributed by atoms with E-state index in [1.807, 2.05) is 0 Å². The Kier molecular flexibility index (Phi) is 5.36. The molecule has 0 aliphatic carbocycles. The second-order valence-electron chi connectivity index (χ2n) is 3.57. The fourth-order valence-corrected chi connectivity index (χ4v) is 3.43. The van der Waals surface area contributed by atoms with Crippen LogP contribution in [0.5, 0.6) is 0 Å². The van der Waals surface area contributed by atoms with Gasteiger partial charge < -0.3 is 5.11 Å². The van der Waals surface area contributed by atoms with Gasteiger partial charge in [0.25, 0.3) is 0 Å². The number of carbonyl (C=O) groups is 1. The molecule has 0 fully saturated rings. The zero-order valence-corrected chi connectivity index (χ0v) is 10.6. The van der Waals surface area contributed by atoms with Crippen LogP contribution in [-0.2, 0) is 24.7 Å². The zero-order chi connectivity index (χ0) is 13.0. The number of hydrogen-bond acceptors (Lipinski definition) is 5. The minimum Gasteiger partial charge on any atom is -0.481 e. The molecule has 0 bridgehead atoms. The maximum Gasteiger partial charge on any atom is 0.304 e. The first-order valence-electron chi connectivity index (χ1n) is 4.41. The predicted octanol–water partition coefficient (Wildman–Crippen LogP) is -1.19. The van der Waals surface area contributed by atoms with Crippen LogP contribution in [0.25, 0.3) is 0 Å². The van der Waals surface area contributed by atoms with Gasteiger partial charge in [-0.25, -0.2) is 21.6 Å². The molecule has 0 rings (SSSR count). The molecule has 0 saturated heterocycles. The Morgan fingerprint density at radius 2 is 1.81 bits per heavy atom. The molecule has 0 aromatic rings. The number of hydrogen-bond donors (Lipinski definition) is 2. The monoisotopic (exact) mass is 273 g/mol. The molecule has 1 unspecified atom stereocenters. The molecule has 1 atom stereocenters. The van der Waals surface area contributed by atoms with Crippen LogP contribution in [0.1, 0.15) is 13.3 Å². The summed E-state index contributed by atoms with van der Waals surface area (Å²) < 4.78 is 46.4. The van der Waals surface area contributed by atoms with Crippen molar-refractivity contribution >= 4 is 25.8 Å². The summed E-state index contributed by atoms with van der Waals surface area (Å²) in [7, 11) is -7.01. The lowest BCUT2D eigenvalue weighted by atomic mass is 10.4. The average Bonchev–Trinajstić information content (AvgIpc) is 1.95. The molecule has 0 spiro atoms. The lowest BCUT2D eigenvalue weighted by Gasteiger charge is -2.12. The number of aliphatic carboxylic acids is 1. The summed E-state index contributed by atoms with van der Waals surface area (Å²) in [5, 5.41) is 8.31. The molecule has 0 saturated carbocycles. The minimum absolute atomic E-state index is 0.320. The first kappa shape index (κ1) is 15.3. The second kappa shape index (κ2) is 5.60. The normalized spacial score (nSPS) is 14.6. The summed E-state index contributed by atoms with van der Waals surface area (Å²) in [6, 6.07) is -0.770. The van der Waals surface area contributed by atoms with Crippen LogP contribution in [0.2, 0.25) is 0 Å². The smallest absolute Gasteiger partial charge is 0.304 e. The first-order valence-corrected chi connectivity index (χ1v) is 8.12. The van der Waals surface area contributed by atoms with Crippen molar-refractivity contribution in [2.45, 2.75) is 19.4 Å². The van der Waals surface area contributed by atoms with Crippen LogP contribution in [0.4, 0.5) is 0 Å². The van der Waals surface area contributed by atoms with Gasteiger partial charge in [-0.3, -0.25) is 4.79 Å². The van der Waals surface area contributed by atoms with Crippen LogP contribution < -0.4 is 4.72 Å². The van der Waals surface area contributed by atoms with E-state index in [1.54, 1.807) is 0 Å². The van der Waals surface area contributed by atoms with E-state index < -0.39 is 44.0 Å². The van der Waals surface area contributed by atoms with Crippen molar-refractivity contribution in [1.82, 2.24) is 4.72 Å². The van der Waals surface area contributed by atoms with E-state index in [-0.39, 0.29) is 5.75 Å². The number of sulfonamides is 1. The van der Waals surface area contributed by atoms with Gasteiger partial charge in [-0.1, -0.05) is 0 Å². The van der Waals surface area contributed by atoms with E-state index in [2.05, 4.69) is 4.72 Å². The van der Waals surface area contributed by atoms with E-state index >= 15 is 0 Å². The number of carboxylic acids is 1. The van der Waals surface area contributed by atoms with E-state index in [1.165, 1.54) is 6.92 Å². The van der Waals surface area contributed by atoms with Crippen molar-refractivity contribution in [1.29, 1.82) is 0 Å². The Balaban J connectivity index is 4.32. The summed E-state index contributed by atoms with van der Waals surface area (Å²) >= 11 is 0. The molecule has 96 valence electrons. The topological polar surface area (TPSA) is 118 Å².